The molecule has 0 saturated carbocycles. The SMILES string of the molecule is Cc1cccc(C)[n+]1C/C(=N/Nc1ccc([N+](=O)[O-])cc1[N+](=O)[O-])c1ccc([N+](=O)[O-])cc1. The van der Waals surface area contributed by atoms with E-state index in [1.165, 1.54) is 30.3 Å². The number of rotatable bonds is 8. The molecule has 1 N–H and O–H groups in total. The number of nitro groups is 3. The number of nitro benzene ring substituents is 3. The normalized spacial score (nSPS) is 11.2. The number of aromatic nitrogens is 1. The molecule has 168 valence electrons. The Balaban J connectivity index is 2.05. The highest BCUT2D eigenvalue weighted by molar-refractivity contribution is 6.00. The van der Waals surface area contributed by atoms with E-state index in [1.807, 2.05) is 36.6 Å². The Morgan fingerprint density at radius 1 is 0.848 bits per heavy atom. The van der Waals surface area contributed by atoms with Crippen molar-refractivity contribution < 1.29 is 19.3 Å². The fourth-order valence-corrected chi connectivity index (χ4v) is 3.16. The number of aryl methyl sites for hydroxylation is 2. The van der Waals surface area contributed by atoms with Gasteiger partial charge in [0.25, 0.3) is 11.4 Å². The quantitative estimate of drug-likeness (QED) is 0.236. The van der Waals surface area contributed by atoms with Gasteiger partial charge in [0, 0.05) is 49.7 Å². The molecule has 3 aromatic rings. The summed E-state index contributed by atoms with van der Waals surface area (Å²) in [4.78, 5) is 31.4. The van der Waals surface area contributed by atoms with E-state index in [4.69, 9.17) is 0 Å². The summed E-state index contributed by atoms with van der Waals surface area (Å²) in [6.07, 6.45) is 0. The number of hydrogen-bond donors (Lipinski definition) is 1. The van der Waals surface area contributed by atoms with Crippen LogP contribution >= 0.6 is 0 Å². The minimum atomic E-state index is -0.739. The van der Waals surface area contributed by atoms with Crippen LogP contribution in [0.15, 0.2) is 65.8 Å². The summed E-state index contributed by atoms with van der Waals surface area (Å²) in [6, 6.07) is 14.7. The number of anilines is 1. The van der Waals surface area contributed by atoms with Crippen molar-refractivity contribution in [1.82, 2.24) is 0 Å². The zero-order valence-electron chi connectivity index (χ0n) is 17.7. The average molecular weight is 451 g/mol. The van der Waals surface area contributed by atoms with E-state index in [0.717, 1.165) is 23.5 Å². The van der Waals surface area contributed by atoms with Gasteiger partial charge in [-0.25, -0.2) is 0 Å². The lowest BCUT2D eigenvalue weighted by Crippen LogP contribution is -2.44. The Morgan fingerprint density at radius 2 is 1.42 bits per heavy atom. The molecule has 0 amide bonds. The number of hydrogen-bond acceptors (Lipinski definition) is 8. The molecule has 0 unspecified atom stereocenters. The lowest BCUT2D eigenvalue weighted by molar-refractivity contribution is -0.693. The van der Waals surface area contributed by atoms with E-state index in [1.54, 1.807) is 0 Å². The Hall–Kier alpha value is -4.74. The van der Waals surface area contributed by atoms with Gasteiger partial charge in [-0.15, -0.1) is 0 Å². The maximum absolute atomic E-state index is 11.4. The van der Waals surface area contributed by atoms with Crippen molar-refractivity contribution in [1.29, 1.82) is 0 Å². The largest absolute Gasteiger partial charge is 0.301 e. The third-order valence-corrected chi connectivity index (χ3v) is 4.95. The van der Waals surface area contributed by atoms with Gasteiger partial charge in [-0.1, -0.05) is 0 Å². The zero-order chi connectivity index (χ0) is 24.1. The third kappa shape index (κ3) is 5.31. The molecule has 0 aliphatic heterocycles. The summed E-state index contributed by atoms with van der Waals surface area (Å²) in [7, 11) is 0. The Morgan fingerprint density at radius 3 is 1.97 bits per heavy atom. The van der Waals surface area contributed by atoms with Crippen LogP contribution in [-0.2, 0) is 6.54 Å². The molecule has 1 aromatic heterocycles. The van der Waals surface area contributed by atoms with Crippen LogP contribution in [0.4, 0.5) is 22.7 Å². The van der Waals surface area contributed by atoms with E-state index in [0.29, 0.717) is 11.3 Å². The summed E-state index contributed by atoms with van der Waals surface area (Å²) in [5.74, 6) is 0. The Kier molecular flexibility index (Phi) is 6.67. The Labute approximate surface area is 187 Å². The van der Waals surface area contributed by atoms with E-state index in [2.05, 4.69) is 10.5 Å². The zero-order valence-corrected chi connectivity index (χ0v) is 17.7. The molecule has 12 heteroatoms. The van der Waals surface area contributed by atoms with Gasteiger partial charge in [0.2, 0.25) is 0 Å². The first-order valence-electron chi connectivity index (χ1n) is 9.63. The minimum Gasteiger partial charge on any atom is -0.271 e. The number of benzene rings is 2. The van der Waals surface area contributed by atoms with Crippen molar-refractivity contribution in [2.45, 2.75) is 20.4 Å². The second-order valence-corrected chi connectivity index (χ2v) is 7.08. The van der Waals surface area contributed by atoms with E-state index in [-0.39, 0.29) is 17.9 Å². The average Bonchev–Trinajstić information content (AvgIpc) is 2.78. The third-order valence-electron chi connectivity index (χ3n) is 4.95. The molecule has 3 rings (SSSR count). The lowest BCUT2D eigenvalue weighted by Gasteiger charge is -2.09. The van der Waals surface area contributed by atoms with Crippen LogP contribution in [0.5, 0.6) is 0 Å². The number of nitrogens with zero attached hydrogens (tertiary/aromatic N) is 5. The molecule has 12 nitrogen and oxygen atoms in total. The van der Waals surface area contributed by atoms with Crippen LogP contribution in [0, 0.1) is 44.2 Å². The van der Waals surface area contributed by atoms with Crippen LogP contribution in [0.2, 0.25) is 0 Å². The van der Waals surface area contributed by atoms with Crippen LogP contribution in [0.1, 0.15) is 17.0 Å². The van der Waals surface area contributed by atoms with Gasteiger partial charge in [-0.2, -0.15) is 9.67 Å². The molecule has 0 atom stereocenters. The fourth-order valence-electron chi connectivity index (χ4n) is 3.16. The number of pyridine rings is 1. The molecule has 33 heavy (non-hydrogen) atoms. The van der Waals surface area contributed by atoms with Gasteiger partial charge >= 0.3 is 5.69 Å². The highest BCUT2D eigenvalue weighted by atomic mass is 16.6. The smallest absolute Gasteiger partial charge is 0.271 e. The number of non-ortho nitro benzene ring substituents is 2. The second kappa shape index (κ2) is 9.60. The second-order valence-electron chi connectivity index (χ2n) is 7.08. The van der Waals surface area contributed by atoms with Crippen molar-refractivity contribution in [3.8, 4) is 0 Å². The predicted octanol–water partition coefficient (Wildman–Crippen LogP) is 3.83. The maximum atomic E-state index is 11.4. The molecule has 0 saturated heterocycles. The molecule has 0 aliphatic carbocycles. The highest BCUT2D eigenvalue weighted by Crippen LogP contribution is 2.29. The predicted molar refractivity (Wildman–Crippen MR) is 119 cm³/mol. The standard InChI is InChI=1S/C21H19N6O6/c1-14-4-3-5-15(2)24(14)13-20(16-6-8-17(9-7-16)25(28)29)23-22-19-11-10-18(26(30)31)12-21(19)27(32)33/h3-12,22H,13H2,1-2H3/q+1/b23-20-. The molecule has 0 spiro atoms. The van der Waals surface area contributed by atoms with Gasteiger partial charge < -0.3 is 0 Å². The van der Waals surface area contributed by atoms with Crippen LogP contribution in [0.25, 0.3) is 0 Å². The minimum absolute atomic E-state index is 0.0310. The number of hydrazone groups is 1. The first-order valence-corrected chi connectivity index (χ1v) is 9.63. The topological polar surface area (TPSA) is 158 Å². The monoisotopic (exact) mass is 451 g/mol. The molecule has 0 bridgehead atoms. The molecule has 1 heterocycles. The van der Waals surface area contributed by atoms with Gasteiger partial charge in [0.05, 0.1) is 20.8 Å². The first kappa shape index (κ1) is 22.9. The molecular formula is C21H19N6O6+. The van der Waals surface area contributed by atoms with E-state index >= 15 is 0 Å². The van der Waals surface area contributed by atoms with Crippen molar-refractivity contribution in [3.63, 3.8) is 0 Å². The van der Waals surface area contributed by atoms with Gasteiger partial charge in [0.1, 0.15) is 11.4 Å². The van der Waals surface area contributed by atoms with Gasteiger partial charge in [-0.3, -0.25) is 35.8 Å². The fraction of sp³-hybridized carbons (Fsp3) is 0.143. The van der Waals surface area contributed by atoms with Crippen molar-refractivity contribution >= 4 is 28.5 Å². The highest BCUT2D eigenvalue weighted by Gasteiger charge is 2.21. The summed E-state index contributed by atoms with van der Waals surface area (Å²) in [5, 5.41) is 37.7. The first-order chi connectivity index (χ1) is 15.7. The molecule has 0 radical (unpaired) electrons. The van der Waals surface area contributed by atoms with E-state index < -0.39 is 26.1 Å². The summed E-state index contributed by atoms with van der Waals surface area (Å²) in [6.45, 7) is 4.09. The van der Waals surface area contributed by atoms with Gasteiger partial charge in [-0.05, 0) is 24.3 Å². The Bertz CT molecular complexity index is 1250. The molecule has 0 aliphatic rings. The van der Waals surface area contributed by atoms with Crippen molar-refractivity contribution in [2.24, 2.45) is 5.10 Å². The summed E-state index contributed by atoms with van der Waals surface area (Å²) < 4.78 is 1.96. The maximum Gasteiger partial charge on any atom is 0.301 e. The van der Waals surface area contributed by atoms with Crippen LogP contribution < -0.4 is 9.99 Å². The lowest BCUT2D eigenvalue weighted by atomic mass is 10.1. The molecule has 0 fully saturated rings. The van der Waals surface area contributed by atoms with Crippen molar-refractivity contribution in [2.75, 3.05) is 5.43 Å². The summed E-state index contributed by atoms with van der Waals surface area (Å²) in [5.41, 5.74) is 4.47. The van der Waals surface area contributed by atoms with Crippen molar-refractivity contribution in [3.05, 3.63) is 108 Å². The van der Waals surface area contributed by atoms with Crippen LogP contribution in [-0.4, -0.2) is 20.5 Å². The summed E-state index contributed by atoms with van der Waals surface area (Å²) >= 11 is 0. The molecule has 2 aromatic carbocycles. The van der Waals surface area contributed by atoms with Gasteiger partial charge in [0.15, 0.2) is 17.9 Å². The van der Waals surface area contributed by atoms with Crippen LogP contribution in [0.3, 0.4) is 0 Å². The number of nitrogens with one attached hydrogen (secondary N) is 1. The molecular weight excluding hydrogens is 432 g/mol. The van der Waals surface area contributed by atoms with E-state index in [9.17, 15) is 30.3 Å².